The Morgan fingerprint density at radius 3 is 0.375 bits per heavy atom. The van der Waals surface area contributed by atoms with Crippen LogP contribution in [0, 0.1) is 74.6 Å². The molecule has 0 aliphatic carbocycles. The number of hydrogen-bond donors (Lipinski definition) is 0. The molecular formula is H8Er2O4Ti2. The second kappa shape index (κ2) is 72.5. The molecule has 0 spiro atoms. The summed E-state index contributed by atoms with van der Waals surface area (Å²) in [4.78, 5) is 0. The van der Waals surface area contributed by atoms with Crippen molar-refractivity contribution in [1.82, 2.24) is 0 Å². The maximum atomic E-state index is 0. The van der Waals surface area contributed by atoms with Crippen molar-refractivity contribution in [2.24, 2.45) is 0 Å². The van der Waals surface area contributed by atoms with Gasteiger partial charge in [-0.2, -0.15) is 0 Å². The van der Waals surface area contributed by atoms with E-state index in [9.17, 15) is 0 Å². The number of rotatable bonds is 0. The van der Waals surface area contributed by atoms with Crippen LogP contribution >= 0.6 is 0 Å². The Balaban J connectivity index is 0. The molecule has 0 bridgehead atoms. The molecule has 8 N–H and O–H groups in total. The predicted molar refractivity (Wildman–Crippen MR) is 14.5 cm³/mol. The van der Waals surface area contributed by atoms with Crippen LogP contribution in [0.4, 0.5) is 0 Å². The summed E-state index contributed by atoms with van der Waals surface area (Å²) < 4.78 is 0. The van der Waals surface area contributed by atoms with E-state index >= 15 is 0 Å². The first-order chi connectivity index (χ1) is 0. The zero-order valence-electron chi connectivity index (χ0n) is 3.58. The van der Waals surface area contributed by atoms with Crippen molar-refractivity contribution in [3.63, 3.8) is 0 Å². The summed E-state index contributed by atoms with van der Waals surface area (Å²) in [5.74, 6) is 0. The van der Waals surface area contributed by atoms with Gasteiger partial charge in [0.1, 0.15) is 0 Å². The largest absolute Gasteiger partial charge is 0.412 e. The summed E-state index contributed by atoms with van der Waals surface area (Å²) in [5.41, 5.74) is 0. The van der Waals surface area contributed by atoms with Crippen LogP contribution in [0.5, 0.6) is 0 Å². The van der Waals surface area contributed by atoms with Crippen molar-refractivity contribution >= 4 is 0 Å². The SMILES string of the molecule is O.O.O.O.[Er].[Er].[Ti].[Ti]. The van der Waals surface area contributed by atoms with Gasteiger partial charge in [-0.1, -0.05) is 0 Å². The molecule has 0 saturated heterocycles. The van der Waals surface area contributed by atoms with Crippen LogP contribution < -0.4 is 0 Å². The van der Waals surface area contributed by atoms with Gasteiger partial charge < -0.3 is 21.9 Å². The molecule has 0 saturated carbocycles. The van der Waals surface area contributed by atoms with Crippen molar-refractivity contribution in [3.05, 3.63) is 0 Å². The topological polar surface area (TPSA) is 126 Å². The predicted octanol–water partition coefficient (Wildman–Crippen LogP) is -3.30. The minimum atomic E-state index is 0. The van der Waals surface area contributed by atoms with Crippen molar-refractivity contribution in [3.8, 4) is 0 Å². The van der Waals surface area contributed by atoms with Gasteiger partial charge in [0.15, 0.2) is 0 Å². The first-order valence-electron chi connectivity index (χ1n) is 0. The van der Waals surface area contributed by atoms with Crippen molar-refractivity contribution < 1.29 is 140 Å². The summed E-state index contributed by atoms with van der Waals surface area (Å²) >= 11 is 0. The molecule has 0 fully saturated rings. The van der Waals surface area contributed by atoms with Crippen molar-refractivity contribution in [1.29, 1.82) is 0 Å². The van der Waals surface area contributed by atoms with Gasteiger partial charge in [-0.3, -0.25) is 0 Å². The average Bonchev–Trinajstić information content (AvgIpc) is 0. The molecule has 0 amide bonds. The van der Waals surface area contributed by atoms with E-state index in [0.717, 1.165) is 0 Å². The first-order valence-corrected chi connectivity index (χ1v) is 0. The van der Waals surface area contributed by atoms with E-state index in [-0.39, 0.29) is 140 Å². The van der Waals surface area contributed by atoms with E-state index in [1.807, 2.05) is 0 Å². The molecule has 8 heteroatoms. The van der Waals surface area contributed by atoms with Crippen molar-refractivity contribution in [2.45, 2.75) is 0 Å². The van der Waals surface area contributed by atoms with Gasteiger partial charge in [-0.25, -0.2) is 0 Å². The molecule has 4 nitrogen and oxygen atoms in total. The summed E-state index contributed by atoms with van der Waals surface area (Å²) in [7, 11) is 0. The molecule has 0 aromatic heterocycles. The van der Waals surface area contributed by atoms with Crippen LogP contribution in [0.2, 0.25) is 0 Å². The maximum Gasteiger partial charge on any atom is 0 e. The molecule has 8 heavy (non-hydrogen) atoms. The van der Waals surface area contributed by atoms with E-state index in [4.69, 9.17) is 0 Å². The molecule has 0 aliphatic rings. The third kappa shape index (κ3) is 53.0. The minimum absolute atomic E-state index is 0. The van der Waals surface area contributed by atoms with Crippen LogP contribution in [0.3, 0.4) is 0 Å². The van der Waals surface area contributed by atoms with Crippen LogP contribution in [0.1, 0.15) is 0 Å². The Kier molecular flexibility index (Phi) is 872. The van der Waals surface area contributed by atoms with E-state index in [1.165, 1.54) is 0 Å². The Bertz CT molecular complexity index is 12.0. The summed E-state index contributed by atoms with van der Waals surface area (Å²) in [6, 6.07) is 0. The molecular weight excluding hydrogens is 494 g/mol. The van der Waals surface area contributed by atoms with Crippen LogP contribution in [0.15, 0.2) is 0 Å². The molecule has 0 atom stereocenters. The van der Waals surface area contributed by atoms with E-state index < -0.39 is 0 Å². The van der Waals surface area contributed by atoms with Gasteiger partial charge in [-0.15, -0.1) is 0 Å². The van der Waals surface area contributed by atoms with E-state index in [2.05, 4.69) is 0 Å². The Hall–Kier alpha value is 3.76. The standard InChI is InChI=1S/2Er.4H2O.2Ti/h;;4*1H2;;. The number of hydrogen-bond acceptors (Lipinski definition) is 0. The first kappa shape index (κ1) is 96.3. The van der Waals surface area contributed by atoms with Crippen LogP contribution in [0.25, 0.3) is 0 Å². The molecule has 0 heterocycles. The fourth-order valence-electron chi connectivity index (χ4n) is 0. The quantitative estimate of drug-likeness (QED) is 0.308. The molecule has 64 valence electrons. The average molecular weight is 502 g/mol. The van der Waals surface area contributed by atoms with E-state index in [0.29, 0.717) is 0 Å². The summed E-state index contributed by atoms with van der Waals surface area (Å²) in [6.45, 7) is 0. The smallest absolute Gasteiger partial charge is 0 e. The zero-order valence-corrected chi connectivity index (χ0v) is 10.4. The second-order valence-electron chi connectivity index (χ2n) is 0. The van der Waals surface area contributed by atoms with Crippen molar-refractivity contribution in [2.75, 3.05) is 0 Å². The summed E-state index contributed by atoms with van der Waals surface area (Å²) in [6.07, 6.45) is 0. The normalized spacial score (nSPS) is 0. The molecule has 0 unspecified atom stereocenters. The maximum absolute atomic E-state index is 0. The Morgan fingerprint density at radius 2 is 0.375 bits per heavy atom. The van der Waals surface area contributed by atoms with Gasteiger partial charge in [0.2, 0.25) is 0 Å². The Labute approximate surface area is 137 Å². The molecule has 0 aromatic rings. The molecule has 0 rings (SSSR count). The third-order valence-electron chi connectivity index (χ3n) is 0. The van der Waals surface area contributed by atoms with Gasteiger partial charge in [0.25, 0.3) is 0 Å². The zero-order chi connectivity index (χ0) is 0. The monoisotopic (exact) mass is 500 g/mol. The van der Waals surface area contributed by atoms with Gasteiger partial charge in [0, 0.05) is 118 Å². The van der Waals surface area contributed by atoms with Crippen LogP contribution in [-0.2, 0) is 43.4 Å². The molecule has 0 aromatic carbocycles. The molecule has 0 radical (unpaired) electrons. The summed E-state index contributed by atoms with van der Waals surface area (Å²) in [5, 5.41) is 0. The van der Waals surface area contributed by atoms with Gasteiger partial charge in [-0.05, 0) is 0 Å². The van der Waals surface area contributed by atoms with Crippen LogP contribution in [-0.4, -0.2) is 21.9 Å². The fraction of sp³-hybridized carbons (Fsp3) is 0. The van der Waals surface area contributed by atoms with Gasteiger partial charge >= 0.3 is 0 Å². The van der Waals surface area contributed by atoms with Gasteiger partial charge in [0.05, 0.1) is 0 Å². The molecule has 0 aliphatic heterocycles. The van der Waals surface area contributed by atoms with E-state index in [1.54, 1.807) is 0 Å². The Morgan fingerprint density at radius 1 is 0.375 bits per heavy atom. The fourth-order valence-corrected chi connectivity index (χ4v) is 0. The third-order valence-corrected chi connectivity index (χ3v) is 0. The minimum Gasteiger partial charge on any atom is -0.412 e. The second-order valence-corrected chi connectivity index (χ2v) is 0.